The van der Waals surface area contributed by atoms with Crippen molar-refractivity contribution in [3.05, 3.63) is 64.2 Å². The third-order valence-corrected chi connectivity index (χ3v) is 6.19. The van der Waals surface area contributed by atoms with Crippen LogP contribution in [0.3, 0.4) is 0 Å². The largest absolute Gasteiger partial charge is 0.493 e. The molecule has 0 bridgehead atoms. The molecule has 1 aliphatic rings. The molecule has 9 heteroatoms. The first-order valence-corrected chi connectivity index (χ1v) is 12.2. The number of carbonyl (C=O) groups excluding carboxylic acids is 1. The molecule has 2 amide bonds. The van der Waals surface area contributed by atoms with E-state index in [-0.39, 0.29) is 35.7 Å². The zero-order valence-electron chi connectivity index (χ0n) is 20.4. The number of hydrogen-bond donors (Lipinski definition) is 1. The van der Waals surface area contributed by atoms with Crippen LogP contribution in [-0.2, 0) is 19.3 Å². The number of benzene rings is 2. The van der Waals surface area contributed by atoms with Crippen LogP contribution < -0.4 is 10.1 Å². The summed E-state index contributed by atoms with van der Waals surface area (Å²) in [6.45, 7) is 6.37. The summed E-state index contributed by atoms with van der Waals surface area (Å²) in [5, 5.41) is 3.02. The number of ether oxygens (including phenoxy) is 1. The second-order valence-corrected chi connectivity index (χ2v) is 9.97. The van der Waals surface area contributed by atoms with Crippen LogP contribution in [0.5, 0.6) is 5.75 Å². The Bertz CT molecular complexity index is 975. The van der Waals surface area contributed by atoms with Gasteiger partial charge in [0.2, 0.25) is 0 Å². The Morgan fingerprint density at radius 2 is 1.80 bits per heavy atom. The lowest BCUT2D eigenvalue weighted by Gasteiger charge is -2.32. The van der Waals surface area contributed by atoms with E-state index in [0.29, 0.717) is 18.3 Å². The van der Waals surface area contributed by atoms with Gasteiger partial charge in [-0.15, -0.1) is 0 Å². The van der Waals surface area contributed by atoms with Crippen molar-refractivity contribution < 1.29 is 22.7 Å². The summed E-state index contributed by atoms with van der Waals surface area (Å²) < 4.78 is 46.8. The monoisotopic (exact) mass is 511 g/mol. The molecule has 35 heavy (non-hydrogen) atoms. The van der Waals surface area contributed by atoms with E-state index in [1.54, 1.807) is 0 Å². The fourth-order valence-corrected chi connectivity index (χ4v) is 4.12. The van der Waals surface area contributed by atoms with E-state index in [1.165, 1.54) is 17.0 Å². The number of urea groups is 1. The number of carbonyl (C=O) groups is 1. The molecular weight excluding hydrogens is 479 g/mol. The summed E-state index contributed by atoms with van der Waals surface area (Å²) in [5.41, 5.74) is -0.0419. The lowest BCUT2D eigenvalue weighted by atomic mass is 10.1. The predicted octanol–water partition coefficient (Wildman–Crippen LogP) is 6.20. The number of alkyl halides is 3. The normalized spacial score (nSPS) is 15.3. The van der Waals surface area contributed by atoms with E-state index >= 15 is 0 Å². The molecule has 0 saturated carbocycles. The first-order valence-electron chi connectivity index (χ1n) is 11.8. The van der Waals surface area contributed by atoms with Gasteiger partial charge < -0.3 is 19.9 Å². The van der Waals surface area contributed by atoms with E-state index in [2.05, 4.69) is 24.1 Å². The van der Waals surface area contributed by atoms with Crippen LogP contribution >= 0.6 is 11.6 Å². The first-order chi connectivity index (χ1) is 16.5. The van der Waals surface area contributed by atoms with Crippen molar-refractivity contribution in [3.8, 4) is 5.75 Å². The fraction of sp³-hybridized carbons (Fsp3) is 0.500. The third kappa shape index (κ3) is 8.32. The number of halogens is 4. The Morgan fingerprint density at radius 1 is 1.14 bits per heavy atom. The van der Waals surface area contributed by atoms with Crippen LogP contribution in [0.25, 0.3) is 0 Å². The molecule has 0 unspecified atom stereocenters. The lowest BCUT2D eigenvalue weighted by Crippen LogP contribution is -2.48. The van der Waals surface area contributed by atoms with Crippen LogP contribution in [0.4, 0.5) is 18.0 Å². The van der Waals surface area contributed by atoms with E-state index in [9.17, 15) is 18.0 Å². The molecule has 1 heterocycles. The number of nitrogens with one attached hydrogen (secondary N) is 1. The summed E-state index contributed by atoms with van der Waals surface area (Å²) in [4.78, 5) is 16.8. The first kappa shape index (κ1) is 27.1. The molecule has 1 N–H and O–H groups in total. The van der Waals surface area contributed by atoms with Gasteiger partial charge in [-0.2, -0.15) is 13.2 Å². The Labute approximate surface area is 210 Å². The minimum Gasteiger partial charge on any atom is -0.493 e. The molecule has 0 spiro atoms. The summed E-state index contributed by atoms with van der Waals surface area (Å²) in [5.74, 6) is 1.09. The maximum Gasteiger partial charge on any atom is 0.416 e. The van der Waals surface area contributed by atoms with Gasteiger partial charge in [0.05, 0.1) is 12.2 Å². The van der Waals surface area contributed by atoms with Crippen LogP contribution in [0, 0.1) is 5.92 Å². The minimum absolute atomic E-state index is 0.000360. The maximum atomic E-state index is 13.7. The van der Waals surface area contributed by atoms with Gasteiger partial charge in [0.25, 0.3) is 0 Å². The van der Waals surface area contributed by atoms with Crippen molar-refractivity contribution in [2.24, 2.45) is 5.92 Å². The Balaban J connectivity index is 1.80. The zero-order chi connectivity index (χ0) is 25.6. The third-order valence-electron chi connectivity index (χ3n) is 5.95. The van der Waals surface area contributed by atoms with Crippen molar-refractivity contribution in [3.63, 3.8) is 0 Å². The molecular formula is C26H33ClF3N3O2. The van der Waals surface area contributed by atoms with Crippen LogP contribution in [0.2, 0.25) is 5.02 Å². The van der Waals surface area contributed by atoms with Gasteiger partial charge in [0.15, 0.2) is 0 Å². The topological polar surface area (TPSA) is 44.8 Å². The van der Waals surface area contributed by atoms with Gasteiger partial charge in [-0.3, -0.25) is 0 Å². The Kier molecular flexibility index (Phi) is 9.30. The van der Waals surface area contributed by atoms with Crippen molar-refractivity contribution in [1.29, 1.82) is 0 Å². The summed E-state index contributed by atoms with van der Waals surface area (Å²) in [6, 6.07) is 10.6. The van der Waals surface area contributed by atoms with Crippen molar-refractivity contribution >= 4 is 17.6 Å². The molecule has 1 aliphatic heterocycles. The van der Waals surface area contributed by atoms with Gasteiger partial charge >= 0.3 is 12.2 Å². The van der Waals surface area contributed by atoms with Crippen molar-refractivity contribution in [2.45, 2.75) is 52.0 Å². The van der Waals surface area contributed by atoms with E-state index in [1.807, 2.05) is 31.3 Å². The standard InChI is InChI=1S/C26H33ClF3N3O2/c1-18(2)17-35-23-8-4-19(5-9-23)15-33(25(34)31-22-10-12-32(3)13-11-22)16-20-6-7-21(27)14-24(20)26(28,29)30/h4-9,14,18,22H,10-13,15-17H2,1-3H3,(H,31,34). The summed E-state index contributed by atoms with van der Waals surface area (Å²) >= 11 is 5.84. The van der Waals surface area contributed by atoms with E-state index in [4.69, 9.17) is 16.3 Å². The number of likely N-dealkylation sites (tertiary alicyclic amines) is 1. The highest BCUT2D eigenvalue weighted by Gasteiger charge is 2.34. The SMILES string of the molecule is CC(C)COc1ccc(CN(Cc2ccc(Cl)cc2C(F)(F)F)C(=O)NC2CCN(C)CC2)cc1. The average Bonchev–Trinajstić information content (AvgIpc) is 2.80. The molecule has 2 aromatic rings. The molecule has 1 fully saturated rings. The highest BCUT2D eigenvalue weighted by molar-refractivity contribution is 6.30. The molecule has 3 rings (SSSR count). The van der Waals surface area contributed by atoms with Gasteiger partial charge in [0.1, 0.15) is 5.75 Å². The Hall–Kier alpha value is -2.45. The number of rotatable bonds is 8. The van der Waals surface area contributed by atoms with Crippen LogP contribution in [0.1, 0.15) is 43.4 Å². The number of amides is 2. The molecule has 0 atom stereocenters. The van der Waals surface area contributed by atoms with Crippen LogP contribution in [-0.4, -0.2) is 48.6 Å². The van der Waals surface area contributed by atoms with Crippen molar-refractivity contribution in [1.82, 2.24) is 15.1 Å². The minimum atomic E-state index is -4.58. The number of nitrogens with zero attached hydrogens (tertiary/aromatic N) is 2. The maximum absolute atomic E-state index is 13.7. The van der Waals surface area contributed by atoms with Gasteiger partial charge in [-0.05, 0) is 74.3 Å². The molecule has 1 saturated heterocycles. The average molecular weight is 512 g/mol. The van der Waals surface area contributed by atoms with E-state index in [0.717, 1.165) is 37.6 Å². The Morgan fingerprint density at radius 3 is 2.40 bits per heavy atom. The highest BCUT2D eigenvalue weighted by atomic mass is 35.5. The summed E-state index contributed by atoms with van der Waals surface area (Å²) in [7, 11) is 2.03. The second kappa shape index (κ2) is 12.0. The second-order valence-electron chi connectivity index (χ2n) is 9.53. The quantitative estimate of drug-likeness (QED) is 0.459. The molecule has 2 aromatic carbocycles. The molecule has 0 radical (unpaired) electrons. The molecule has 192 valence electrons. The lowest BCUT2D eigenvalue weighted by molar-refractivity contribution is -0.138. The van der Waals surface area contributed by atoms with Gasteiger partial charge in [-0.25, -0.2) is 4.79 Å². The smallest absolute Gasteiger partial charge is 0.416 e. The van der Waals surface area contributed by atoms with Crippen LogP contribution in [0.15, 0.2) is 42.5 Å². The molecule has 0 aliphatic carbocycles. The zero-order valence-corrected chi connectivity index (χ0v) is 21.1. The molecule has 5 nitrogen and oxygen atoms in total. The predicted molar refractivity (Wildman–Crippen MR) is 132 cm³/mol. The van der Waals surface area contributed by atoms with E-state index < -0.39 is 11.7 Å². The molecule has 0 aromatic heterocycles. The van der Waals surface area contributed by atoms with Crippen molar-refractivity contribution in [2.75, 3.05) is 26.7 Å². The van der Waals surface area contributed by atoms with Gasteiger partial charge in [0, 0.05) is 24.2 Å². The van der Waals surface area contributed by atoms with Gasteiger partial charge in [-0.1, -0.05) is 43.6 Å². The highest BCUT2D eigenvalue weighted by Crippen LogP contribution is 2.34. The summed E-state index contributed by atoms with van der Waals surface area (Å²) in [6.07, 6.45) is -2.98. The number of piperidine rings is 1. The number of hydrogen-bond acceptors (Lipinski definition) is 3. The fourth-order valence-electron chi connectivity index (χ4n) is 3.95.